The number of phenols is 1. The van der Waals surface area contributed by atoms with Gasteiger partial charge in [0, 0.05) is 23.1 Å². The summed E-state index contributed by atoms with van der Waals surface area (Å²) in [6.45, 7) is 6.16. The van der Waals surface area contributed by atoms with Crippen LogP contribution in [0.1, 0.15) is 19.0 Å². The van der Waals surface area contributed by atoms with Gasteiger partial charge in [-0.25, -0.2) is 13.5 Å². The molecular weight excluding hydrogens is 400 g/mol. The molecule has 0 amide bonds. The number of alkyl halides is 1. The van der Waals surface area contributed by atoms with Crippen LogP contribution in [0.3, 0.4) is 0 Å². The zero-order valence-electron chi connectivity index (χ0n) is 16.8. The SMILES string of the molecule is C=C(c1cnc(-c2ccc(-n3cc(F)cn3)cc2O)cn1)[C@H]1C[C@]2(C)C=CC(N2)[C@H]1F. The summed E-state index contributed by atoms with van der Waals surface area (Å²) in [5, 5.41) is 17.6. The predicted octanol–water partition coefficient (Wildman–Crippen LogP) is 3.83. The van der Waals surface area contributed by atoms with Gasteiger partial charge in [-0.15, -0.1) is 0 Å². The quantitative estimate of drug-likeness (QED) is 0.626. The highest BCUT2D eigenvalue weighted by Crippen LogP contribution is 2.41. The molecule has 1 fully saturated rings. The molecule has 3 aromatic rings. The van der Waals surface area contributed by atoms with E-state index in [1.807, 2.05) is 12.2 Å². The van der Waals surface area contributed by atoms with Gasteiger partial charge in [0.15, 0.2) is 5.82 Å². The van der Waals surface area contributed by atoms with Gasteiger partial charge in [-0.2, -0.15) is 5.10 Å². The maximum absolute atomic E-state index is 14.9. The first-order valence-corrected chi connectivity index (χ1v) is 9.99. The molecule has 31 heavy (non-hydrogen) atoms. The number of nitrogens with zero attached hydrogens (tertiary/aromatic N) is 4. The monoisotopic (exact) mass is 421 g/mol. The molecule has 4 heterocycles. The molecule has 0 spiro atoms. The summed E-state index contributed by atoms with van der Waals surface area (Å²) in [7, 11) is 0. The minimum atomic E-state index is -1.08. The maximum Gasteiger partial charge on any atom is 0.161 e. The first kappa shape index (κ1) is 19.6. The molecule has 8 heteroatoms. The van der Waals surface area contributed by atoms with E-state index in [4.69, 9.17) is 0 Å². The highest BCUT2D eigenvalue weighted by atomic mass is 19.1. The van der Waals surface area contributed by atoms with Gasteiger partial charge in [-0.1, -0.05) is 18.7 Å². The number of piperidine rings is 1. The van der Waals surface area contributed by atoms with Crippen molar-refractivity contribution in [3.63, 3.8) is 0 Å². The van der Waals surface area contributed by atoms with Crippen LogP contribution in [0.5, 0.6) is 5.75 Å². The van der Waals surface area contributed by atoms with Crippen molar-refractivity contribution < 1.29 is 13.9 Å². The Labute approximate surface area is 178 Å². The summed E-state index contributed by atoms with van der Waals surface area (Å²) in [4.78, 5) is 8.84. The van der Waals surface area contributed by atoms with Crippen molar-refractivity contribution in [3.05, 3.63) is 73.2 Å². The molecule has 158 valence electrons. The van der Waals surface area contributed by atoms with Gasteiger partial charge in [-0.3, -0.25) is 15.3 Å². The lowest BCUT2D eigenvalue weighted by atomic mass is 9.78. The first-order chi connectivity index (χ1) is 14.8. The van der Waals surface area contributed by atoms with Gasteiger partial charge < -0.3 is 5.11 Å². The fourth-order valence-corrected chi connectivity index (χ4v) is 4.38. The largest absolute Gasteiger partial charge is 0.507 e. The molecule has 2 aromatic heterocycles. The van der Waals surface area contributed by atoms with Crippen molar-refractivity contribution in [3.8, 4) is 22.7 Å². The van der Waals surface area contributed by atoms with Gasteiger partial charge in [0.1, 0.15) is 11.9 Å². The molecule has 4 atom stereocenters. The van der Waals surface area contributed by atoms with Gasteiger partial charge in [0.25, 0.3) is 0 Å². The number of fused-ring (bicyclic) bond motifs is 2. The molecule has 2 aliphatic rings. The molecule has 5 rings (SSSR count). The van der Waals surface area contributed by atoms with E-state index in [1.54, 1.807) is 18.3 Å². The number of rotatable bonds is 4. The van der Waals surface area contributed by atoms with E-state index in [-0.39, 0.29) is 23.2 Å². The van der Waals surface area contributed by atoms with Crippen LogP contribution in [0.15, 0.2) is 61.7 Å². The van der Waals surface area contributed by atoms with Gasteiger partial charge in [0.2, 0.25) is 0 Å². The summed E-state index contributed by atoms with van der Waals surface area (Å²) in [6, 6.07) is 4.52. The Morgan fingerprint density at radius 1 is 1.29 bits per heavy atom. The van der Waals surface area contributed by atoms with E-state index in [2.05, 4.69) is 33.9 Å². The zero-order valence-corrected chi connectivity index (χ0v) is 16.8. The van der Waals surface area contributed by atoms with Crippen LogP contribution >= 0.6 is 0 Å². The summed E-state index contributed by atoms with van der Waals surface area (Å²) in [5.74, 6) is -0.854. The smallest absolute Gasteiger partial charge is 0.161 e. The lowest BCUT2D eigenvalue weighted by molar-refractivity contribution is 0.146. The number of aromatic hydroxyl groups is 1. The number of allylic oxidation sites excluding steroid dienone is 1. The van der Waals surface area contributed by atoms with E-state index < -0.39 is 12.0 Å². The van der Waals surface area contributed by atoms with Crippen LogP contribution in [-0.4, -0.2) is 42.6 Å². The molecule has 0 saturated carbocycles. The number of hydrogen-bond acceptors (Lipinski definition) is 5. The van der Waals surface area contributed by atoms with E-state index in [1.165, 1.54) is 23.1 Å². The molecule has 6 nitrogen and oxygen atoms in total. The van der Waals surface area contributed by atoms with Crippen molar-refractivity contribution >= 4 is 5.57 Å². The molecular formula is C23H21F2N5O. The van der Waals surface area contributed by atoms with Crippen LogP contribution in [0.2, 0.25) is 0 Å². The Bertz CT molecular complexity index is 1190. The second-order valence-corrected chi connectivity index (χ2v) is 8.32. The Kier molecular flexibility index (Phi) is 4.48. The lowest BCUT2D eigenvalue weighted by Gasteiger charge is -2.39. The van der Waals surface area contributed by atoms with E-state index in [0.29, 0.717) is 34.6 Å². The number of halogens is 2. The number of nitrogens with one attached hydrogen (secondary N) is 1. The average molecular weight is 421 g/mol. The van der Waals surface area contributed by atoms with Gasteiger partial charge >= 0.3 is 0 Å². The Morgan fingerprint density at radius 3 is 2.81 bits per heavy atom. The average Bonchev–Trinajstić information content (AvgIpc) is 3.34. The molecule has 0 aliphatic carbocycles. The minimum Gasteiger partial charge on any atom is -0.507 e. The highest BCUT2D eigenvalue weighted by molar-refractivity contribution is 5.70. The fraction of sp³-hybridized carbons (Fsp3) is 0.261. The van der Waals surface area contributed by atoms with Crippen molar-refractivity contribution in [1.82, 2.24) is 25.1 Å². The number of phenolic OH excluding ortho intramolecular Hbond substituents is 1. The van der Waals surface area contributed by atoms with Gasteiger partial charge in [-0.05, 0) is 31.1 Å². The lowest BCUT2D eigenvalue weighted by Crippen LogP contribution is -2.54. The Morgan fingerprint density at radius 2 is 2.13 bits per heavy atom. The Hall–Kier alpha value is -3.39. The van der Waals surface area contributed by atoms with Gasteiger partial charge in [0.05, 0.1) is 47.9 Å². The Balaban J connectivity index is 1.37. The molecule has 1 saturated heterocycles. The second-order valence-electron chi connectivity index (χ2n) is 8.32. The standard InChI is InChI=1S/C23H21F2N5O/c1-13(17-8-23(2)6-5-18(29-23)22(17)25)19-10-27-20(11-26-19)16-4-3-15(7-21(16)31)30-12-14(24)9-28-30/h3-7,9-12,17-18,22,29,31H,1,8H2,2H3/t17-,18?,22+,23+/m1/s1. The fourth-order valence-electron chi connectivity index (χ4n) is 4.38. The van der Waals surface area contributed by atoms with Crippen LogP contribution in [0.4, 0.5) is 8.78 Å². The zero-order chi connectivity index (χ0) is 21.8. The topological polar surface area (TPSA) is 75.9 Å². The first-order valence-electron chi connectivity index (χ1n) is 9.99. The third-order valence-corrected chi connectivity index (χ3v) is 6.04. The van der Waals surface area contributed by atoms with Crippen LogP contribution in [-0.2, 0) is 0 Å². The number of hydrogen-bond donors (Lipinski definition) is 2. The van der Waals surface area contributed by atoms with Crippen molar-refractivity contribution in [2.45, 2.75) is 31.1 Å². The third kappa shape index (κ3) is 3.42. The van der Waals surface area contributed by atoms with Crippen molar-refractivity contribution in [2.24, 2.45) is 5.92 Å². The number of aromatic nitrogens is 4. The van der Waals surface area contributed by atoms with Crippen molar-refractivity contribution in [2.75, 3.05) is 0 Å². The molecule has 1 unspecified atom stereocenters. The summed E-state index contributed by atoms with van der Waals surface area (Å²) < 4.78 is 29.4. The summed E-state index contributed by atoms with van der Waals surface area (Å²) >= 11 is 0. The molecule has 1 aromatic carbocycles. The predicted molar refractivity (Wildman–Crippen MR) is 113 cm³/mol. The molecule has 2 bridgehead atoms. The summed E-state index contributed by atoms with van der Waals surface area (Å²) in [5.41, 5.74) is 2.36. The van der Waals surface area contributed by atoms with E-state index >= 15 is 0 Å². The normalized spacial score (nSPS) is 26.9. The third-order valence-electron chi connectivity index (χ3n) is 6.04. The highest BCUT2D eigenvalue weighted by Gasteiger charge is 2.46. The van der Waals surface area contributed by atoms with E-state index in [9.17, 15) is 13.9 Å². The van der Waals surface area contributed by atoms with E-state index in [0.717, 1.165) is 6.20 Å². The summed E-state index contributed by atoms with van der Waals surface area (Å²) in [6.07, 6.45) is 8.83. The molecule has 0 radical (unpaired) electrons. The van der Waals surface area contributed by atoms with Crippen LogP contribution in [0, 0.1) is 11.7 Å². The maximum atomic E-state index is 14.9. The molecule has 2 aliphatic heterocycles. The van der Waals surface area contributed by atoms with Crippen LogP contribution in [0.25, 0.3) is 22.5 Å². The molecule has 2 N–H and O–H groups in total. The number of benzene rings is 1. The van der Waals surface area contributed by atoms with Crippen LogP contribution < -0.4 is 5.32 Å². The second kappa shape index (κ2) is 7.09. The van der Waals surface area contributed by atoms with Crippen molar-refractivity contribution in [1.29, 1.82) is 0 Å². The minimum absolute atomic E-state index is 0.0352.